The molecular formula is C17H27NO2. The number of ether oxygens (including phenoxy) is 2. The monoisotopic (exact) mass is 277 g/mol. The van der Waals surface area contributed by atoms with Gasteiger partial charge >= 0.3 is 0 Å². The van der Waals surface area contributed by atoms with Crippen LogP contribution in [-0.2, 0) is 6.42 Å². The Hall–Kier alpha value is -1.22. The highest BCUT2D eigenvalue weighted by Crippen LogP contribution is 2.41. The van der Waals surface area contributed by atoms with Gasteiger partial charge in [-0.2, -0.15) is 0 Å². The van der Waals surface area contributed by atoms with Gasteiger partial charge in [0.25, 0.3) is 0 Å². The summed E-state index contributed by atoms with van der Waals surface area (Å²) in [5.41, 5.74) is 2.56. The van der Waals surface area contributed by atoms with Crippen molar-refractivity contribution in [3.63, 3.8) is 0 Å². The summed E-state index contributed by atoms with van der Waals surface area (Å²) in [5, 5.41) is 3.36. The molecule has 0 heterocycles. The first-order chi connectivity index (χ1) is 9.80. The lowest BCUT2D eigenvalue weighted by Crippen LogP contribution is -2.16. The predicted molar refractivity (Wildman–Crippen MR) is 83.0 cm³/mol. The van der Waals surface area contributed by atoms with E-state index in [0.717, 1.165) is 31.0 Å². The number of rotatable bonds is 7. The van der Waals surface area contributed by atoms with Crippen LogP contribution in [0.4, 0.5) is 0 Å². The predicted octanol–water partition coefficient (Wildman–Crippen LogP) is 3.51. The lowest BCUT2D eigenvalue weighted by molar-refractivity contribution is 0.391. The topological polar surface area (TPSA) is 30.5 Å². The van der Waals surface area contributed by atoms with Crippen molar-refractivity contribution in [1.29, 1.82) is 0 Å². The fraction of sp³-hybridized carbons (Fsp3) is 0.647. The standard InChI is InChI=1S/C17H27NO2/c1-4-18-10-9-14-11-17(20-3)15(12-16(14)19-2)13-7-5-6-8-13/h11-13,18H,4-10H2,1-3H3. The highest BCUT2D eigenvalue weighted by molar-refractivity contribution is 5.48. The zero-order valence-electron chi connectivity index (χ0n) is 13.0. The summed E-state index contributed by atoms with van der Waals surface area (Å²) >= 11 is 0. The summed E-state index contributed by atoms with van der Waals surface area (Å²) in [6.07, 6.45) is 6.18. The first-order valence-electron chi connectivity index (χ1n) is 7.75. The molecule has 112 valence electrons. The molecule has 1 N–H and O–H groups in total. The molecule has 20 heavy (non-hydrogen) atoms. The highest BCUT2D eigenvalue weighted by Gasteiger charge is 2.22. The lowest BCUT2D eigenvalue weighted by Gasteiger charge is -2.18. The average molecular weight is 277 g/mol. The summed E-state index contributed by atoms with van der Waals surface area (Å²) in [6.45, 7) is 4.10. The highest BCUT2D eigenvalue weighted by atomic mass is 16.5. The van der Waals surface area contributed by atoms with E-state index < -0.39 is 0 Å². The van der Waals surface area contributed by atoms with Gasteiger partial charge in [0.2, 0.25) is 0 Å². The molecule has 1 aromatic carbocycles. The summed E-state index contributed by atoms with van der Waals surface area (Å²) in [6, 6.07) is 4.37. The normalized spacial score (nSPS) is 15.6. The van der Waals surface area contributed by atoms with Crippen molar-refractivity contribution in [2.45, 2.75) is 44.9 Å². The Kier molecular flexibility index (Phi) is 5.72. The maximum atomic E-state index is 5.63. The number of nitrogens with one attached hydrogen (secondary N) is 1. The summed E-state index contributed by atoms with van der Waals surface area (Å²) < 4.78 is 11.2. The number of benzene rings is 1. The van der Waals surface area contributed by atoms with E-state index in [1.807, 2.05) is 0 Å². The molecule has 1 aliphatic rings. The van der Waals surface area contributed by atoms with Crippen molar-refractivity contribution in [2.24, 2.45) is 0 Å². The first-order valence-corrected chi connectivity index (χ1v) is 7.75. The van der Waals surface area contributed by atoms with Crippen LogP contribution in [0, 0.1) is 0 Å². The summed E-state index contributed by atoms with van der Waals surface area (Å²) in [5.74, 6) is 2.68. The van der Waals surface area contributed by atoms with Crippen LogP contribution in [0.1, 0.15) is 49.7 Å². The molecule has 0 unspecified atom stereocenters. The third-order valence-corrected chi connectivity index (χ3v) is 4.25. The summed E-state index contributed by atoms with van der Waals surface area (Å²) in [4.78, 5) is 0. The maximum Gasteiger partial charge on any atom is 0.122 e. The minimum atomic E-state index is 0.640. The molecular weight excluding hydrogens is 250 g/mol. The van der Waals surface area contributed by atoms with Crippen LogP contribution in [0.5, 0.6) is 11.5 Å². The van der Waals surface area contributed by atoms with Gasteiger partial charge in [0, 0.05) is 5.56 Å². The Morgan fingerprint density at radius 3 is 2.40 bits per heavy atom. The van der Waals surface area contributed by atoms with E-state index in [2.05, 4.69) is 24.4 Å². The molecule has 2 rings (SSSR count). The molecule has 1 aliphatic carbocycles. The third kappa shape index (κ3) is 3.45. The molecule has 3 heteroatoms. The van der Waals surface area contributed by atoms with E-state index in [1.165, 1.54) is 36.8 Å². The first kappa shape index (κ1) is 15.2. The van der Waals surface area contributed by atoms with Gasteiger partial charge in [-0.05, 0) is 56.0 Å². The SMILES string of the molecule is CCNCCc1cc(OC)c(C2CCCC2)cc1OC. The molecule has 0 aromatic heterocycles. The molecule has 0 atom stereocenters. The zero-order chi connectivity index (χ0) is 14.4. The quantitative estimate of drug-likeness (QED) is 0.774. The summed E-state index contributed by atoms with van der Waals surface area (Å²) in [7, 11) is 3.53. The fourth-order valence-corrected chi connectivity index (χ4v) is 3.14. The van der Waals surface area contributed by atoms with E-state index in [1.54, 1.807) is 14.2 Å². The van der Waals surface area contributed by atoms with Crippen LogP contribution in [0.25, 0.3) is 0 Å². The molecule has 0 bridgehead atoms. The van der Waals surface area contributed by atoms with Crippen molar-refractivity contribution in [1.82, 2.24) is 5.32 Å². The number of hydrogen-bond acceptors (Lipinski definition) is 3. The van der Waals surface area contributed by atoms with Crippen molar-refractivity contribution in [3.05, 3.63) is 23.3 Å². The van der Waals surface area contributed by atoms with E-state index in [0.29, 0.717) is 5.92 Å². The molecule has 1 aromatic rings. The fourth-order valence-electron chi connectivity index (χ4n) is 3.14. The van der Waals surface area contributed by atoms with Crippen LogP contribution in [0.15, 0.2) is 12.1 Å². The van der Waals surface area contributed by atoms with Crippen molar-refractivity contribution in [2.75, 3.05) is 27.3 Å². The Balaban J connectivity index is 2.24. The molecule has 0 saturated heterocycles. The van der Waals surface area contributed by atoms with Gasteiger partial charge in [-0.15, -0.1) is 0 Å². The van der Waals surface area contributed by atoms with Gasteiger partial charge < -0.3 is 14.8 Å². The second-order valence-electron chi connectivity index (χ2n) is 5.49. The zero-order valence-corrected chi connectivity index (χ0v) is 13.0. The Bertz CT molecular complexity index is 425. The van der Waals surface area contributed by atoms with Gasteiger partial charge in [0.15, 0.2) is 0 Å². The van der Waals surface area contributed by atoms with Gasteiger partial charge in [-0.25, -0.2) is 0 Å². The minimum absolute atomic E-state index is 0.640. The number of methoxy groups -OCH3 is 2. The minimum Gasteiger partial charge on any atom is -0.496 e. The molecule has 0 aliphatic heterocycles. The van der Waals surface area contributed by atoms with E-state index in [9.17, 15) is 0 Å². The van der Waals surface area contributed by atoms with Crippen LogP contribution < -0.4 is 14.8 Å². The third-order valence-electron chi connectivity index (χ3n) is 4.25. The molecule has 1 fully saturated rings. The van der Waals surface area contributed by atoms with Crippen molar-refractivity contribution >= 4 is 0 Å². The Labute approximate surface area is 122 Å². The second-order valence-corrected chi connectivity index (χ2v) is 5.49. The van der Waals surface area contributed by atoms with Crippen molar-refractivity contribution in [3.8, 4) is 11.5 Å². The van der Waals surface area contributed by atoms with Gasteiger partial charge in [0.1, 0.15) is 11.5 Å². The molecule has 0 spiro atoms. The second kappa shape index (κ2) is 7.53. The lowest BCUT2D eigenvalue weighted by atomic mass is 9.94. The van der Waals surface area contributed by atoms with Gasteiger partial charge in [-0.1, -0.05) is 19.8 Å². The van der Waals surface area contributed by atoms with E-state index >= 15 is 0 Å². The van der Waals surface area contributed by atoms with Crippen LogP contribution in [-0.4, -0.2) is 27.3 Å². The Morgan fingerprint density at radius 2 is 1.80 bits per heavy atom. The average Bonchev–Trinajstić information content (AvgIpc) is 3.01. The van der Waals surface area contributed by atoms with Gasteiger partial charge in [-0.3, -0.25) is 0 Å². The molecule has 0 radical (unpaired) electrons. The molecule has 3 nitrogen and oxygen atoms in total. The largest absolute Gasteiger partial charge is 0.496 e. The van der Waals surface area contributed by atoms with E-state index in [-0.39, 0.29) is 0 Å². The van der Waals surface area contributed by atoms with Crippen LogP contribution >= 0.6 is 0 Å². The van der Waals surface area contributed by atoms with Crippen LogP contribution in [0.2, 0.25) is 0 Å². The Morgan fingerprint density at radius 1 is 1.10 bits per heavy atom. The molecule has 1 saturated carbocycles. The maximum absolute atomic E-state index is 5.63. The smallest absolute Gasteiger partial charge is 0.122 e. The molecule has 0 amide bonds. The van der Waals surface area contributed by atoms with E-state index in [4.69, 9.17) is 9.47 Å². The van der Waals surface area contributed by atoms with Gasteiger partial charge in [0.05, 0.1) is 14.2 Å². The van der Waals surface area contributed by atoms with Crippen LogP contribution in [0.3, 0.4) is 0 Å². The van der Waals surface area contributed by atoms with Crippen molar-refractivity contribution < 1.29 is 9.47 Å². The number of likely N-dealkylation sites (N-methyl/N-ethyl adjacent to an activating group) is 1. The number of hydrogen-bond donors (Lipinski definition) is 1.